The molecule has 0 spiro atoms. The van der Waals surface area contributed by atoms with Gasteiger partial charge in [0.1, 0.15) is 0 Å². The number of nitrogens with zero attached hydrogens (tertiary/aromatic N) is 2. The van der Waals surface area contributed by atoms with Gasteiger partial charge in [0.25, 0.3) is 5.91 Å². The van der Waals surface area contributed by atoms with E-state index in [1.807, 2.05) is 23.1 Å². The Labute approximate surface area is 125 Å². The van der Waals surface area contributed by atoms with Gasteiger partial charge in [0.15, 0.2) is 0 Å². The number of aromatic amines is 1. The van der Waals surface area contributed by atoms with Gasteiger partial charge in [0, 0.05) is 24.0 Å². The molecule has 1 atom stereocenters. The fourth-order valence-electron chi connectivity index (χ4n) is 3.32. The molecule has 21 heavy (non-hydrogen) atoms. The molecule has 3 rings (SSSR count). The summed E-state index contributed by atoms with van der Waals surface area (Å²) in [6.07, 6.45) is 7.86. The molecule has 2 aromatic rings. The van der Waals surface area contributed by atoms with Crippen molar-refractivity contribution in [2.75, 3.05) is 13.1 Å². The molecule has 2 heterocycles. The van der Waals surface area contributed by atoms with E-state index < -0.39 is 0 Å². The lowest BCUT2D eigenvalue weighted by Gasteiger charge is -2.20. The average molecular weight is 285 g/mol. The molecule has 0 saturated carbocycles. The number of aromatic nitrogens is 2. The van der Waals surface area contributed by atoms with Gasteiger partial charge < -0.3 is 4.90 Å². The van der Waals surface area contributed by atoms with Gasteiger partial charge in [-0.25, -0.2) is 0 Å². The smallest absolute Gasteiger partial charge is 0.253 e. The molecule has 1 aromatic heterocycles. The Kier molecular flexibility index (Phi) is 4.23. The summed E-state index contributed by atoms with van der Waals surface area (Å²) < 4.78 is 0. The highest BCUT2D eigenvalue weighted by molar-refractivity contribution is 5.97. The normalized spacial score (nSPS) is 19.7. The Hall–Kier alpha value is -1.84. The molecule has 1 fully saturated rings. The molecule has 1 saturated heterocycles. The Morgan fingerprint density at radius 2 is 2.29 bits per heavy atom. The lowest BCUT2D eigenvalue weighted by molar-refractivity contribution is 0.0760. The first kappa shape index (κ1) is 14.1. The number of fused-ring (bicyclic) bond motifs is 1. The third kappa shape index (κ3) is 3.09. The molecular formula is C17H23N3O. The molecule has 112 valence electrons. The first-order valence-electron chi connectivity index (χ1n) is 8.00. The van der Waals surface area contributed by atoms with Gasteiger partial charge in [-0.05, 0) is 37.3 Å². The predicted molar refractivity (Wildman–Crippen MR) is 84.2 cm³/mol. The Morgan fingerprint density at radius 3 is 3.14 bits per heavy atom. The van der Waals surface area contributed by atoms with Crippen molar-refractivity contribution >= 4 is 16.8 Å². The van der Waals surface area contributed by atoms with E-state index in [0.717, 1.165) is 48.3 Å². The quantitative estimate of drug-likeness (QED) is 0.936. The highest BCUT2D eigenvalue weighted by Crippen LogP contribution is 2.23. The molecule has 4 heteroatoms. The summed E-state index contributed by atoms with van der Waals surface area (Å²) in [5.41, 5.74) is 1.69. The number of H-pyrrole nitrogens is 1. The van der Waals surface area contributed by atoms with Crippen molar-refractivity contribution in [3.8, 4) is 0 Å². The van der Waals surface area contributed by atoms with E-state index in [0.29, 0.717) is 0 Å². The van der Waals surface area contributed by atoms with Gasteiger partial charge in [0.05, 0.1) is 11.7 Å². The number of likely N-dealkylation sites (tertiary alicyclic amines) is 1. The van der Waals surface area contributed by atoms with Crippen molar-refractivity contribution in [2.24, 2.45) is 5.92 Å². The number of carbonyl (C=O) groups is 1. The highest BCUT2D eigenvalue weighted by atomic mass is 16.2. The maximum absolute atomic E-state index is 12.7. The number of amides is 1. The first-order valence-corrected chi connectivity index (χ1v) is 8.00. The monoisotopic (exact) mass is 285 g/mol. The fourth-order valence-corrected chi connectivity index (χ4v) is 3.32. The zero-order valence-electron chi connectivity index (χ0n) is 12.6. The van der Waals surface area contributed by atoms with E-state index in [-0.39, 0.29) is 5.91 Å². The van der Waals surface area contributed by atoms with Gasteiger partial charge in [-0.15, -0.1) is 0 Å². The molecule has 1 aromatic carbocycles. The Morgan fingerprint density at radius 1 is 1.38 bits per heavy atom. The Balaban J connectivity index is 1.72. The number of hydrogen-bond donors (Lipinski definition) is 1. The fraction of sp³-hybridized carbons (Fsp3) is 0.529. The van der Waals surface area contributed by atoms with Crippen LogP contribution in [-0.2, 0) is 0 Å². The van der Waals surface area contributed by atoms with Gasteiger partial charge in [0.2, 0.25) is 0 Å². The van der Waals surface area contributed by atoms with E-state index in [1.54, 1.807) is 6.20 Å². The second-order valence-corrected chi connectivity index (χ2v) is 6.05. The summed E-state index contributed by atoms with van der Waals surface area (Å²) in [6.45, 7) is 4.03. The second-order valence-electron chi connectivity index (χ2n) is 6.05. The minimum Gasteiger partial charge on any atom is -0.339 e. The molecule has 4 nitrogen and oxygen atoms in total. The number of hydrogen-bond acceptors (Lipinski definition) is 2. The summed E-state index contributed by atoms with van der Waals surface area (Å²) >= 11 is 0. The van der Waals surface area contributed by atoms with E-state index >= 15 is 0 Å². The summed E-state index contributed by atoms with van der Waals surface area (Å²) in [7, 11) is 0. The summed E-state index contributed by atoms with van der Waals surface area (Å²) in [5, 5.41) is 7.99. The number of nitrogens with one attached hydrogen (secondary N) is 1. The Bertz CT molecular complexity index is 619. The van der Waals surface area contributed by atoms with Crippen molar-refractivity contribution in [1.82, 2.24) is 15.1 Å². The minimum atomic E-state index is 0.156. The van der Waals surface area contributed by atoms with Crippen molar-refractivity contribution in [1.29, 1.82) is 0 Å². The lowest BCUT2D eigenvalue weighted by atomic mass is 9.96. The van der Waals surface area contributed by atoms with Gasteiger partial charge in [-0.1, -0.05) is 25.8 Å². The van der Waals surface area contributed by atoms with Crippen LogP contribution in [0.5, 0.6) is 0 Å². The van der Waals surface area contributed by atoms with Crippen molar-refractivity contribution in [3.05, 3.63) is 30.0 Å². The summed E-state index contributed by atoms with van der Waals surface area (Å²) in [6, 6.07) is 5.79. The van der Waals surface area contributed by atoms with Gasteiger partial charge >= 0.3 is 0 Å². The van der Waals surface area contributed by atoms with Crippen LogP contribution in [-0.4, -0.2) is 34.1 Å². The standard InChI is InChI=1S/C17H23N3O/c1-2-4-13-5-3-9-20(10-8-13)17(21)14-6-7-15-12-18-19-16(15)11-14/h6-7,11-13H,2-5,8-10H2,1H3,(H,18,19). The van der Waals surface area contributed by atoms with E-state index in [9.17, 15) is 4.79 Å². The van der Waals surface area contributed by atoms with Crippen molar-refractivity contribution in [3.63, 3.8) is 0 Å². The zero-order valence-corrected chi connectivity index (χ0v) is 12.6. The van der Waals surface area contributed by atoms with Crippen molar-refractivity contribution in [2.45, 2.75) is 39.0 Å². The third-order valence-corrected chi connectivity index (χ3v) is 4.52. The van der Waals surface area contributed by atoms with Crippen LogP contribution in [0.1, 0.15) is 49.4 Å². The van der Waals surface area contributed by atoms with Crippen LogP contribution in [0.25, 0.3) is 10.9 Å². The molecule has 1 amide bonds. The highest BCUT2D eigenvalue weighted by Gasteiger charge is 2.21. The van der Waals surface area contributed by atoms with E-state index in [1.165, 1.54) is 19.3 Å². The molecule has 0 bridgehead atoms. The molecule has 1 unspecified atom stereocenters. The van der Waals surface area contributed by atoms with Crippen LogP contribution in [0, 0.1) is 5.92 Å². The lowest BCUT2D eigenvalue weighted by Crippen LogP contribution is -2.32. The number of benzene rings is 1. The van der Waals surface area contributed by atoms with Crippen LogP contribution in [0.2, 0.25) is 0 Å². The topological polar surface area (TPSA) is 49.0 Å². The first-order chi connectivity index (χ1) is 10.3. The second kappa shape index (κ2) is 6.29. The molecule has 1 N–H and O–H groups in total. The SMILES string of the molecule is CCCC1CCCN(C(=O)c2ccc3cn[nH]c3c2)CC1. The summed E-state index contributed by atoms with van der Waals surface area (Å²) in [4.78, 5) is 14.7. The molecule has 1 aliphatic rings. The number of rotatable bonds is 3. The van der Waals surface area contributed by atoms with Crippen LogP contribution < -0.4 is 0 Å². The van der Waals surface area contributed by atoms with Crippen LogP contribution >= 0.6 is 0 Å². The van der Waals surface area contributed by atoms with Gasteiger partial charge in [-0.2, -0.15) is 5.10 Å². The number of carbonyl (C=O) groups excluding carboxylic acids is 1. The van der Waals surface area contributed by atoms with Crippen molar-refractivity contribution < 1.29 is 4.79 Å². The maximum Gasteiger partial charge on any atom is 0.253 e. The predicted octanol–water partition coefficient (Wildman–Crippen LogP) is 3.61. The molecule has 1 aliphatic heterocycles. The average Bonchev–Trinajstić information content (AvgIpc) is 2.85. The van der Waals surface area contributed by atoms with E-state index in [2.05, 4.69) is 17.1 Å². The molecule has 0 radical (unpaired) electrons. The minimum absolute atomic E-state index is 0.156. The molecule has 0 aliphatic carbocycles. The van der Waals surface area contributed by atoms with Gasteiger partial charge in [-0.3, -0.25) is 9.89 Å². The maximum atomic E-state index is 12.7. The van der Waals surface area contributed by atoms with Crippen LogP contribution in [0.3, 0.4) is 0 Å². The van der Waals surface area contributed by atoms with E-state index in [4.69, 9.17) is 0 Å². The van der Waals surface area contributed by atoms with Crippen LogP contribution in [0.15, 0.2) is 24.4 Å². The molecular weight excluding hydrogens is 262 g/mol. The third-order valence-electron chi connectivity index (χ3n) is 4.52. The zero-order chi connectivity index (χ0) is 14.7. The largest absolute Gasteiger partial charge is 0.339 e. The summed E-state index contributed by atoms with van der Waals surface area (Å²) in [5.74, 6) is 0.950. The van der Waals surface area contributed by atoms with Crippen LogP contribution in [0.4, 0.5) is 0 Å².